The summed E-state index contributed by atoms with van der Waals surface area (Å²) in [5.74, 6) is -2.23. The summed E-state index contributed by atoms with van der Waals surface area (Å²) in [5, 5.41) is 32.6. The minimum Gasteiger partial charge on any atom is -0.384 e. The van der Waals surface area contributed by atoms with Gasteiger partial charge in [-0.1, -0.05) is 25.7 Å². The Morgan fingerprint density at radius 3 is 1.66 bits per heavy atom. The smallest absolute Gasteiger partial charge is 0.384 e. The molecule has 2 saturated heterocycles. The molecule has 386 valence electrons. The second-order valence-electron chi connectivity index (χ2n) is 20.1. The molecule has 2 aromatic heterocycles. The van der Waals surface area contributed by atoms with Crippen molar-refractivity contribution >= 4 is 59.0 Å². The molecule has 4 fully saturated rings. The third-order valence-corrected chi connectivity index (χ3v) is 19.1. The Labute approximate surface area is 417 Å². The summed E-state index contributed by atoms with van der Waals surface area (Å²) in [6, 6.07) is 7.82. The molecule has 14 nitrogen and oxygen atoms in total. The molecule has 0 atom stereocenters. The van der Waals surface area contributed by atoms with Crippen LogP contribution in [0.4, 0.5) is 26.3 Å². The quantitative estimate of drug-likeness (QED) is 0.0696. The number of likely N-dealkylation sites (tertiary alicyclic amines) is 2. The van der Waals surface area contributed by atoms with Crippen molar-refractivity contribution in [3.8, 4) is 0 Å². The normalized spacial score (nSPS) is 23.6. The van der Waals surface area contributed by atoms with E-state index in [2.05, 4.69) is 60.7 Å². The van der Waals surface area contributed by atoms with Crippen LogP contribution in [0.5, 0.6) is 0 Å². The van der Waals surface area contributed by atoms with Gasteiger partial charge in [0, 0.05) is 61.8 Å². The van der Waals surface area contributed by atoms with E-state index in [0.717, 1.165) is 70.4 Å². The molecule has 2 saturated carbocycles. The molecule has 8 rings (SSSR count). The number of rotatable bonds is 13. The van der Waals surface area contributed by atoms with E-state index in [1.807, 2.05) is 6.20 Å². The van der Waals surface area contributed by atoms with Crippen LogP contribution in [0.15, 0.2) is 60.4 Å². The summed E-state index contributed by atoms with van der Waals surface area (Å²) < 4.78 is 78.6. The number of aryl methyl sites for hydroxylation is 1. The Hall–Kier alpha value is -4.78. The highest BCUT2D eigenvalue weighted by Crippen LogP contribution is 2.42. The number of hydrogen-bond acceptors (Lipinski definition) is 12. The fourth-order valence-corrected chi connectivity index (χ4v) is 13.1. The number of nitrogens with one attached hydrogen (secondary N) is 4. The number of nitrogens with zero attached hydrogens (tertiary/aromatic N) is 4. The van der Waals surface area contributed by atoms with Crippen LogP contribution in [0.3, 0.4) is 0 Å². The number of amides is 4. The molecule has 71 heavy (non-hydrogen) atoms. The zero-order chi connectivity index (χ0) is 51.5. The topological polar surface area (TPSA) is 189 Å². The van der Waals surface area contributed by atoms with Crippen LogP contribution in [0.1, 0.15) is 98.5 Å². The molecule has 0 bridgehead atoms. The van der Waals surface area contributed by atoms with E-state index >= 15 is 0 Å². The molecule has 4 aromatic rings. The third kappa shape index (κ3) is 13.8. The van der Waals surface area contributed by atoms with E-state index in [9.17, 15) is 55.7 Å². The van der Waals surface area contributed by atoms with Crippen molar-refractivity contribution < 1.29 is 55.7 Å². The van der Waals surface area contributed by atoms with Crippen molar-refractivity contribution in [2.45, 2.75) is 126 Å². The number of alkyl halides is 6. The average Bonchev–Trinajstić information content (AvgIpc) is 4.03. The van der Waals surface area contributed by atoms with Crippen LogP contribution in [0.2, 0.25) is 19.6 Å². The number of aromatic nitrogens is 2. The SMILES string of the molecule is C[Si](C)(C)c1ncc(C2(O)CCC(N3CC(NC(=O)CNC(=O)c4cccc(C(F)(F)F)c4)C3)CC2)s1.Cc1cc(C(=O)NCC(=O)NC2CN(C3CCC(O)(c4cncs4)CC3)C2)cc(C(F)(F)F)c1. The number of aliphatic hydroxyl groups is 2. The summed E-state index contributed by atoms with van der Waals surface area (Å²) in [5.41, 5.74) is -1.67. The molecular weight excluding hydrogens is 991 g/mol. The van der Waals surface area contributed by atoms with Gasteiger partial charge in [0.1, 0.15) is 19.3 Å². The predicted molar refractivity (Wildman–Crippen MR) is 259 cm³/mol. The van der Waals surface area contributed by atoms with E-state index < -0.39 is 54.6 Å². The van der Waals surface area contributed by atoms with Gasteiger partial charge < -0.3 is 31.5 Å². The molecule has 0 unspecified atom stereocenters. The van der Waals surface area contributed by atoms with E-state index in [0.29, 0.717) is 69.5 Å². The van der Waals surface area contributed by atoms with Gasteiger partial charge >= 0.3 is 12.4 Å². The van der Waals surface area contributed by atoms with Crippen molar-refractivity contribution in [1.29, 1.82) is 0 Å². The van der Waals surface area contributed by atoms with Crippen molar-refractivity contribution in [3.05, 3.63) is 97.9 Å². The van der Waals surface area contributed by atoms with Crippen LogP contribution in [0, 0.1) is 6.92 Å². The van der Waals surface area contributed by atoms with Gasteiger partial charge in [-0.2, -0.15) is 26.3 Å². The van der Waals surface area contributed by atoms with Crippen molar-refractivity contribution in [2.24, 2.45) is 0 Å². The van der Waals surface area contributed by atoms with Gasteiger partial charge in [0.15, 0.2) is 0 Å². The zero-order valence-corrected chi connectivity index (χ0v) is 42.5. The number of thiazole rings is 2. The molecule has 4 amide bonds. The summed E-state index contributed by atoms with van der Waals surface area (Å²) in [6.07, 6.45) is 0.652. The molecule has 2 aliphatic carbocycles. The average molecular weight is 1050 g/mol. The minimum absolute atomic E-state index is 0.0393. The molecule has 4 heterocycles. The zero-order valence-electron chi connectivity index (χ0n) is 39.9. The molecule has 2 aliphatic heterocycles. The van der Waals surface area contributed by atoms with E-state index in [1.54, 1.807) is 23.0 Å². The minimum atomic E-state index is -4.55. The Bertz CT molecular complexity index is 2510. The van der Waals surface area contributed by atoms with Crippen molar-refractivity contribution in [3.63, 3.8) is 0 Å². The maximum absolute atomic E-state index is 13.0. The molecule has 23 heteroatoms. The van der Waals surface area contributed by atoms with Gasteiger partial charge in [-0.05, 0) is 100 Å². The van der Waals surface area contributed by atoms with Crippen LogP contribution >= 0.6 is 22.7 Å². The Morgan fingerprint density at radius 2 is 1.20 bits per heavy atom. The van der Waals surface area contributed by atoms with Gasteiger partial charge in [-0.25, -0.2) is 0 Å². The van der Waals surface area contributed by atoms with E-state index in [4.69, 9.17) is 0 Å². The summed E-state index contributed by atoms with van der Waals surface area (Å²) >= 11 is 3.12. The second-order valence-corrected chi connectivity index (χ2v) is 27.4. The lowest BCUT2D eigenvalue weighted by Crippen LogP contribution is -2.63. The number of carbonyl (C=O) groups is 4. The van der Waals surface area contributed by atoms with Gasteiger partial charge in [-0.15, -0.1) is 22.7 Å². The van der Waals surface area contributed by atoms with Crippen LogP contribution in [-0.4, -0.2) is 125 Å². The highest BCUT2D eigenvalue weighted by molar-refractivity contribution is 7.25. The Kier molecular flexibility index (Phi) is 16.5. The first-order valence-electron chi connectivity index (χ1n) is 23.6. The van der Waals surface area contributed by atoms with Gasteiger partial charge in [0.2, 0.25) is 11.8 Å². The van der Waals surface area contributed by atoms with Crippen molar-refractivity contribution in [2.75, 3.05) is 39.3 Å². The molecule has 2 aromatic carbocycles. The molecule has 0 spiro atoms. The highest BCUT2D eigenvalue weighted by atomic mass is 32.1. The lowest BCUT2D eigenvalue weighted by molar-refractivity contribution is -0.138. The van der Waals surface area contributed by atoms with Crippen molar-refractivity contribution in [1.82, 2.24) is 41.0 Å². The molecule has 4 aliphatic rings. The third-order valence-electron chi connectivity index (χ3n) is 13.6. The van der Waals surface area contributed by atoms with Crippen LogP contribution in [-0.2, 0) is 33.1 Å². The van der Waals surface area contributed by atoms with Gasteiger partial charge in [-0.3, -0.25) is 38.9 Å². The summed E-state index contributed by atoms with van der Waals surface area (Å²) in [4.78, 5) is 64.0. The first-order valence-corrected chi connectivity index (χ1v) is 28.8. The van der Waals surface area contributed by atoms with Gasteiger partial charge in [0.25, 0.3) is 11.8 Å². The Morgan fingerprint density at radius 1 is 0.704 bits per heavy atom. The number of hydrogen-bond donors (Lipinski definition) is 6. The maximum atomic E-state index is 13.0. The van der Waals surface area contributed by atoms with Gasteiger partial charge in [0.05, 0.1) is 56.2 Å². The maximum Gasteiger partial charge on any atom is 0.416 e. The highest BCUT2D eigenvalue weighted by Gasteiger charge is 2.43. The fourth-order valence-electron chi connectivity index (χ4n) is 9.47. The lowest BCUT2D eigenvalue weighted by Gasteiger charge is -2.48. The first kappa shape index (κ1) is 54.0. The number of benzene rings is 2. The summed E-state index contributed by atoms with van der Waals surface area (Å²) in [7, 11) is -1.51. The monoisotopic (exact) mass is 1050 g/mol. The van der Waals surface area contributed by atoms with E-state index in [1.165, 1.54) is 30.4 Å². The second kappa shape index (κ2) is 21.7. The lowest BCUT2D eigenvalue weighted by atomic mass is 9.80. The largest absolute Gasteiger partial charge is 0.416 e. The van der Waals surface area contributed by atoms with E-state index in [-0.39, 0.29) is 48.1 Å². The standard InChI is InChI=1S/C25H33F3N4O3SSi.C23H27F3N4O3S/c1-37(2,3)23-30-12-20(36-23)24(35)9-7-19(8-10-24)32-14-18(15-32)31-21(33)13-29-22(34)16-5-4-6-17(11-16)25(26,27)28;1-14-6-15(8-16(7-14)23(24,25)26)21(32)28-10-20(31)29-17-11-30(12-17)18-2-4-22(33,5-3-18)19-9-27-13-34-19/h4-6,11-12,18-19,35H,7-10,13-15H2,1-3H3,(H,29,34)(H,31,33);6-9,13,17-18,33H,2-5,10-12H2,1H3,(H,28,32)(H,29,31). The Balaban J connectivity index is 0.000000209. The molecule has 6 N–H and O–H groups in total. The summed E-state index contributed by atoms with van der Waals surface area (Å²) in [6.45, 7) is 10.4. The number of halogens is 6. The van der Waals surface area contributed by atoms with Crippen LogP contribution < -0.4 is 25.9 Å². The fraction of sp³-hybridized carbons (Fsp3) is 0.542. The predicted octanol–water partition coefficient (Wildman–Crippen LogP) is 5.90. The molecule has 0 radical (unpaired) electrons. The number of carbonyl (C=O) groups excluding carboxylic acids is 4. The van der Waals surface area contributed by atoms with Crippen LogP contribution in [0.25, 0.3) is 0 Å². The first-order chi connectivity index (χ1) is 33.3. The molecular formula is C48H60F6N8O6S2Si.